The number of rotatable bonds is 5. The average Bonchev–Trinajstić information content (AvgIpc) is 3.27. The summed E-state index contributed by atoms with van der Waals surface area (Å²) >= 11 is 0. The van der Waals surface area contributed by atoms with Crippen LogP contribution in [0.2, 0.25) is 0 Å². The summed E-state index contributed by atoms with van der Waals surface area (Å²) in [6, 6.07) is 7.85. The molecule has 9 nitrogen and oxygen atoms in total. The summed E-state index contributed by atoms with van der Waals surface area (Å²) < 4.78 is 3.61. The third-order valence-corrected chi connectivity index (χ3v) is 4.22. The summed E-state index contributed by atoms with van der Waals surface area (Å²) in [7, 11) is 0. The van der Waals surface area contributed by atoms with Gasteiger partial charge in [-0.1, -0.05) is 13.3 Å². The number of nitrogen functional groups attached to an aromatic ring is 2. The van der Waals surface area contributed by atoms with Gasteiger partial charge in [0.05, 0.1) is 0 Å². The Labute approximate surface area is 156 Å². The largest absolute Gasteiger partial charge is 0.396 e. The SMILES string of the molecule is CCCc1ccc2c(N)ncnn12.Nc1ncnn2c(CCCO)ccc12. The van der Waals surface area contributed by atoms with Crippen LogP contribution >= 0.6 is 0 Å². The van der Waals surface area contributed by atoms with Gasteiger partial charge in [0.2, 0.25) is 0 Å². The Morgan fingerprint density at radius 1 is 0.852 bits per heavy atom. The molecule has 0 fully saturated rings. The fraction of sp³-hybridized carbons (Fsp3) is 0.333. The second-order valence-corrected chi connectivity index (χ2v) is 6.11. The van der Waals surface area contributed by atoms with Crippen molar-refractivity contribution in [2.45, 2.75) is 32.6 Å². The summed E-state index contributed by atoms with van der Waals surface area (Å²) in [5, 5.41) is 17.0. The van der Waals surface area contributed by atoms with Crippen molar-refractivity contribution in [1.82, 2.24) is 29.2 Å². The lowest BCUT2D eigenvalue weighted by Gasteiger charge is -2.00. The highest BCUT2D eigenvalue weighted by molar-refractivity contribution is 5.65. The number of hydrogen-bond donors (Lipinski definition) is 3. The molecule has 27 heavy (non-hydrogen) atoms. The van der Waals surface area contributed by atoms with E-state index in [-0.39, 0.29) is 6.61 Å². The molecule has 4 heterocycles. The van der Waals surface area contributed by atoms with E-state index in [9.17, 15) is 0 Å². The van der Waals surface area contributed by atoms with Crippen LogP contribution in [0.4, 0.5) is 11.6 Å². The highest BCUT2D eigenvalue weighted by atomic mass is 16.2. The minimum Gasteiger partial charge on any atom is -0.396 e. The Hall–Kier alpha value is -3.20. The zero-order valence-electron chi connectivity index (χ0n) is 15.3. The lowest BCUT2D eigenvalue weighted by atomic mass is 10.2. The van der Waals surface area contributed by atoms with Crippen molar-refractivity contribution >= 4 is 22.7 Å². The van der Waals surface area contributed by atoms with Gasteiger partial charge in [-0.15, -0.1) is 0 Å². The van der Waals surface area contributed by atoms with E-state index in [1.807, 2.05) is 28.8 Å². The van der Waals surface area contributed by atoms with Gasteiger partial charge in [0.15, 0.2) is 11.6 Å². The highest BCUT2D eigenvalue weighted by Crippen LogP contribution is 2.14. The molecule has 0 saturated heterocycles. The number of nitrogens with zero attached hydrogens (tertiary/aromatic N) is 6. The van der Waals surface area contributed by atoms with Gasteiger partial charge < -0.3 is 16.6 Å². The van der Waals surface area contributed by atoms with Crippen LogP contribution < -0.4 is 11.5 Å². The fourth-order valence-electron chi connectivity index (χ4n) is 2.91. The number of aliphatic hydroxyl groups excluding tert-OH is 1. The summed E-state index contributed by atoms with van der Waals surface area (Å²) in [4.78, 5) is 7.82. The summed E-state index contributed by atoms with van der Waals surface area (Å²) in [5.74, 6) is 1.02. The maximum atomic E-state index is 8.73. The number of aromatic nitrogens is 6. The Balaban J connectivity index is 0.000000156. The normalized spacial score (nSPS) is 10.9. The van der Waals surface area contributed by atoms with Crippen molar-refractivity contribution < 1.29 is 5.11 Å². The third kappa shape index (κ3) is 3.98. The average molecular weight is 368 g/mol. The topological polar surface area (TPSA) is 133 Å². The lowest BCUT2D eigenvalue weighted by Crippen LogP contribution is -2.02. The maximum Gasteiger partial charge on any atom is 0.151 e. The lowest BCUT2D eigenvalue weighted by molar-refractivity contribution is 0.288. The molecule has 0 unspecified atom stereocenters. The molecule has 0 amide bonds. The smallest absolute Gasteiger partial charge is 0.151 e. The molecule has 142 valence electrons. The first kappa shape index (κ1) is 18.6. The van der Waals surface area contributed by atoms with Crippen LogP contribution in [-0.4, -0.2) is 40.9 Å². The predicted octanol–water partition coefficient (Wildman–Crippen LogP) is 1.50. The molecule has 0 bridgehead atoms. The summed E-state index contributed by atoms with van der Waals surface area (Å²) in [6.07, 6.45) is 6.57. The Kier molecular flexibility index (Phi) is 5.82. The van der Waals surface area contributed by atoms with E-state index in [0.29, 0.717) is 11.6 Å². The first-order valence-electron chi connectivity index (χ1n) is 8.90. The van der Waals surface area contributed by atoms with Crippen LogP contribution in [0.3, 0.4) is 0 Å². The molecule has 0 aromatic carbocycles. The van der Waals surface area contributed by atoms with E-state index in [1.54, 1.807) is 4.52 Å². The van der Waals surface area contributed by atoms with Crippen LogP contribution in [0.1, 0.15) is 31.2 Å². The third-order valence-electron chi connectivity index (χ3n) is 4.22. The monoisotopic (exact) mass is 368 g/mol. The Morgan fingerprint density at radius 3 is 1.85 bits per heavy atom. The van der Waals surface area contributed by atoms with Crippen LogP contribution in [0, 0.1) is 0 Å². The van der Waals surface area contributed by atoms with Crippen molar-refractivity contribution in [3.8, 4) is 0 Å². The molecule has 0 aliphatic heterocycles. The quantitative estimate of drug-likeness (QED) is 0.486. The molecular formula is C18H24N8O. The van der Waals surface area contributed by atoms with Crippen molar-refractivity contribution in [1.29, 1.82) is 0 Å². The standard InChI is InChI=1S/C9H12N4O.C9H12N4/c10-9-8-4-3-7(2-1-5-14)13(8)12-6-11-9;1-2-3-7-4-5-8-9(10)11-6-12-13(7)8/h3-4,6,14H,1-2,5H2,(H2,10,11,12);4-6H,2-3H2,1H3,(H2,10,11,12). The number of hydrogen-bond acceptors (Lipinski definition) is 7. The summed E-state index contributed by atoms with van der Waals surface area (Å²) in [5.41, 5.74) is 15.3. The molecule has 5 N–H and O–H groups in total. The second-order valence-electron chi connectivity index (χ2n) is 6.11. The van der Waals surface area contributed by atoms with Gasteiger partial charge in [0.1, 0.15) is 23.7 Å². The molecule has 0 radical (unpaired) electrons. The molecule has 0 spiro atoms. The van der Waals surface area contributed by atoms with Gasteiger partial charge in [-0.2, -0.15) is 10.2 Å². The molecule has 0 atom stereocenters. The Morgan fingerprint density at radius 2 is 1.37 bits per heavy atom. The molecule has 0 aliphatic rings. The van der Waals surface area contributed by atoms with Crippen LogP contribution in [0.25, 0.3) is 11.0 Å². The first-order valence-corrected chi connectivity index (χ1v) is 8.90. The highest BCUT2D eigenvalue weighted by Gasteiger charge is 2.05. The van der Waals surface area contributed by atoms with Crippen LogP contribution in [0.5, 0.6) is 0 Å². The summed E-state index contributed by atoms with van der Waals surface area (Å²) in [6.45, 7) is 2.33. The minimum atomic E-state index is 0.188. The zero-order valence-corrected chi connectivity index (χ0v) is 15.3. The maximum absolute atomic E-state index is 8.73. The van der Waals surface area contributed by atoms with Crippen LogP contribution in [-0.2, 0) is 12.8 Å². The number of fused-ring (bicyclic) bond motifs is 2. The number of aliphatic hydroxyl groups is 1. The van der Waals surface area contributed by atoms with Gasteiger partial charge in [-0.05, 0) is 43.5 Å². The van der Waals surface area contributed by atoms with E-state index in [4.69, 9.17) is 16.6 Å². The molecule has 4 rings (SSSR count). The second kappa shape index (κ2) is 8.45. The van der Waals surface area contributed by atoms with E-state index in [2.05, 4.69) is 27.1 Å². The molecule has 9 heteroatoms. The van der Waals surface area contributed by atoms with Gasteiger partial charge in [-0.3, -0.25) is 0 Å². The zero-order chi connectivity index (χ0) is 19.2. The van der Waals surface area contributed by atoms with Gasteiger partial charge in [0.25, 0.3) is 0 Å². The number of aryl methyl sites for hydroxylation is 2. The minimum absolute atomic E-state index is 0.188. The fourth-order valence-corrected chi connectivity index (χ4v) is 2.91. The molecule has 0 saturated carbocycles. The molecule has 4 aromatic rings. The van der Waals surface area contributed by atoms with Crippen molar-refractivity contribution in [2.24, 2.45) is 0 Å². The van der Waals surface area contributed by atoms with Crippen molar-refractivity contribution in [2.75, 3.05) is 18.1 Å². The van der Waals surface area contributed by atoms with Gasteiger partial charge >= 0.3 is 0 Å². The first-order chi connectivity index (χ1) is 13.2. The van der Waals surface area contributed by atoms with E-state index >= 15 is 0 Å². The van der Waals surface area contributed by atoms with Gasteiger partial charge in [0, 0.05) is 18.0 Å². The van der Waals surface area contributed by atoms with Crippen molar-refractivity contribution in [3.05, 3.63) is 48.3 Å². The van der Waals surface area contributed by atoms with E-state index < -0.39 is 0 Å². The Bertz CT molecular complexity index is 1020. The van der Waals surface area contributed by atoms with E-state index in [0.717, 1.165) is 42.4 Å². The molecule has 0 aliphatic carbocycles. The predicted molar refractivity (Wildman–Crippen MR) is 104 cm³/mol. The number of anilines is 2. The molecule has 4 aromatic heterocycles. The van der Waals surface area contributed by atoms with Gasteiger partial charge in [-0.25, -0.2) is 19.0 Å². The van der Waals surface area contributed by atoms with Crippen LogP contribution in [0.15, 0.2) is 36.9 Å². The number of nitrogens with two attached hydrogens (primary N) is 2. The van der Waals surface area contributed by atoms with E-state index in [1.165, 1.54) is 18.3 Å². The van der Waals surface area contributed by atoms with Crippen molar-refractivity contribution in [3.63, 3.8) is 0 Å². The molecular weight excluding hydrogens is 344 g/mol.